The van der Waals surface area contributed by atoms with Crippen molar-refractivity contribution in [2.45, 2.75) is 20.8 Å². The van der Waals surface area contributed by atoms with Crippen LogP contribution in [0.1, 0.15) is 69.2 Å². The maximum absolute atomic E-state index is 14.1. The monoisotopic (exact) mass is 540 g/mol. The van der Waals surface area contributed by atoms with Gasteiger partial charge in [0.1, 0.15) is 0 Å². The summed E-state index contributed by atoms with van der Waals surface area (Å²) in [6, 6.07) is 25.6. The van der Waals surface area contributed by atoms with Crippen LogP contribution in [0, 0.1) is 20.8 Å². The second-order valence-electron chi connectivity index (χ2n) is 10.1. The third kappa shape index (κ3) is 4.30. The van der Waals surface area contributed by atoms with Crippen molar-refractivity contribution < 1.29 is 28.7 Å². The Kier molecular flexibility index (Phi) is 6.31. The smallest absolute Gasteiger partial charge is 0.343 e. The largest absolute Gasteiger partial charge is 0.421 e. The van der Waals surface area contributed by atoms with E-state index in [-0.39, 0.29) is 33.8 Å². The first kappa shape index (κ1) is 25.9. The molecule has 0 N–H and O–H groups in total. The van der Waals surface area contributed by atoms with Crippen LogP contribution in [-0.4, -0.2) is 23.5 Å². The molecule has 2 aliphatic carbocycles. The van der Waals surface area contributed by atoms with Crippen LogP contribution in [0.5, 0.6) is 0 Å². The third-order valence-corrected chi connectivity index (χ3v) is 7.36. The number of aryl methyl sites for hydroxylation is 3. The highest BCUT2D eigenvalue weighted by Crippen LogP contribution is 2.45. The molecule has 0 unspecified atom stereocenters. The predicted molar refractivity (Wildman–Crippen MR) is 153 cm³/mol. The molecule has 0 fully saturated rings. The van der Waals surface area contributed by atoms with E-state index in [1.807, 2.05) is 19.1 Å². The SMILES string of the molecule is Cc1ccc2c(c1)C(OC(=O)c1ccccc1C)=C1C(=O)c3ccccc3C(OC(=O)c3ccccc3C)=C1C2=O. The highest BCUT2D eigenvalue weighted by Gasteiger charge is 2.43. The summed E-state index contributed by atoms with van der Waals surface area (Å²) in [6.45, 7) is 5.41. The van der Waals surface area contributed by atoms with Gasteiger partial charge in [-0.05, 0) is 50.1 Å². The molecule has 0 bridgehead atoms. The molecule has 0 aliphatic heterocycles. The average molecular weight is 541 g/mol. The molecule has 0 amide bonds. The van der Waals surface area contributed by atoms with E-state index in [1.165, 1.54) is 0 Å². The highest BCUT2D eigenvalue weighted by molar-refractivity contribution is 6.34. The molecule has 6 rings (SSSR count). The van der Waals surface area contributed by atoms with E-state index >= 15 is 0 Å². The number of carbonyl (C=O) groups excluding carboxylic acids is 4. The Labute approximate surface area is 236 Å². The molecule has 0 radical (unpaired) electrons. The Morgan fingerprint density at radius 3 is 1.49 bits per heavy atom. The molecule has 0 spiro atoms. The fourth-order valence-corrected chi connectivity index (χ4v) is 5.23. The summed E-state index contributed by atoms with van der Waals surface area (Å²) in [4.78, 5) is 55.0. The molecule has 6 heteroatoms. The Balaban J connectivity index is 1.62. The lowest BCUT2D eigenvalue weighted by Crippen LogP contribution is -2.29. The minimum Gasteiger partial charge on any atom is -0.421 e. The molecule has 0 saturated carbocycles. The maximum atomic E-state index is 14.1. The van der Waals surface area contributed by atoms with Crippen molar-refractivity contribution >= 4 is 35.0 Å². The van der Waals surface area contributed by atoms with Crippen LogP contribution in [0.3, 0.4) is 0 Å². The number of Topliss-reactive ketones (excluding diaryl/α,β-unsaturated/α-hetero) is 2. The summed E-state index contributed by atoms with van der Waals surface area (Å²) in [6.07, 6.45) is 0. The summed E-state index contributed by atoms with van der Waals surface area (Å²) in [7, 11) is 0. The molecular weight excluding hydrogens is 516 g/mol. The van der Waals surface area contributed by atoms with Crippen molar-refractivity contribution in [2.75, 3.05) is 0 Å². The predicted octanol–water partition coefficient (Wildman–Crippen LogP) is 6.84. The summed E-state index contributed by atoms with van der Waals surface area (Å²) in [5, 5.41) is 0. The zero-order chi connectivity index (χ0) is 28.8. The molecule has 2 aliphatic rings. The van der Waals surface area contributed by atoms with E-state index in [1.54, 1.807) is 92.7 Å². The van der Waals surface area contributed by atoms with Crippen molar-refractivity contribution in [3.63, 3.8) is 0 Å². The summed E-state index contributed by atoms with van der Waals surface area (Å²) >= 11 is 0. The molecule has 200 valence electrons. The summed E-state index contributed by atoms with van der Waals surface area (Å²) in [5.74, 6) is -2.44. The summed E-state index contributed by atoms with van der Waals surface area (Å²) in [5.41, 5.74) is 3.74. The second-order valence-corrected chi connectivity index (χ2v) is 10.1. The molecule has 41 heavy (non-hydrogen) atoms. The van der Waals surface area contributed by atoms with Crippen LogP contribution in [0.25, 0.3) is 11.5 Å². The fourth-order valence-electron chi connectivity index (χ4n) is 5.23. The lowest BCUT2D eigenvalue weighted by atomic mass is 9.76. The van der Waals surface area contributed by atoms with Crippen molar-refractivity contribution in [3.8, 4) is 0 Å². The fraction of sp³-hybridized carbons (Fsp3) is 0.0857. The molecule has 4 aromatic carbocycles. The third-order valence-electron chi connectivity index (χ3n) is 7.36. The number of carbonyl (C=O) groups is 4. The van der Waals surface area contributed by atoms with Crippen LogP contribution in [0.2, 0.25) is 0 Å². The van der Waals surface area contributed by atoms with Gasteiger partial charge < -0.3 is 9.47 Å². The Bertz CT molecular complexity index is 1890. The van der Waals surface area contributed by atoms with Gasteiger partial charge in [-0.3, -0.25) is 9.59 Å². The summed E-state index contributed by atoms with van der Waals surface area (Å²) < 4.78 is 12.0. The first-order chi connectivity index (χ1) is 19.8. The van der Waals surface area contributed by atoms with Gasteiger partial charge in [-0.15, -0.1) is 0 Å². The van der Waals surface area contributed by atoms with E-state index in [9.17, 15) is 19.2 Å². The number of hydrogen-bond acceptors (Lipinski definition) is 6. The standard InChI is InChI=1S/C35H24O6/c1-19-16-17-25-27(18-19)33(41-35(39)23-13-7-5-11-21(23)3)29-28(31(25)37)32(26-15-9-8-14-24(26)30(29)36)40-34(38)22-12-6-4-10-20(22)2/h4-18H,1-3H3. The van der Waals surface area contributed by atoms with Gasteiger partial charge in [0.25, 0.3) is 0 Å². The number of esters is 2. The van der Waals surface area contributed by atoms with Crippen molar-refractivity contribution in [2.24, 2.45) is 0 Å². The number of fused-ring (bicyclic) bond motifs is 3. The minimum absolute atomic E-state index is 0.0458. The minimum atomic E-state index is -0.671. The van der Waals surface area contributed by atoms with Crippen LogP contribution >= 0.6 is 0 Å². The Morgan fingerprint density at radius 1 is 0.512 bits per heavy atom. The van der Waals surface area contributed by atoms with Crippen LogP contribution in [0.4, 0.5) is 0 Å². The molecule has 0 atom stereocenters. The van der Waals surface area contributed by atoms with Gasteiger partial charge in [0.2, 0.25) is 0 Å². The van der Waals surface area contributed by atoms with Crippen molar-refractivity contribution in [1.29, 1.82) is 0 Å². The van der Waals surface area contributed by atoms with Crippen LogP contribution in [-0.2, 0) is 9.47 Å². The zero-order valence-electron chi connectivity index (χ0n) is 22.6. The zero-order valence-corrected chi connectivity index (χ0v) is 22.6. The van der Waals surface area contributed by atoms with Gasteiger partial charge in [0, 0.05) is 22.3 Å². The molecule has 0 aromatic heterocycles. The number of benzene rings is 4. The van der Waals surface area contributed by atoms with Crippen molar-refractivity contribution in [3.05, 3.63) is 152 Å². The van der Waals surface area contributed by atoms with Crippen LogP contribution < -0.4 is 0 Å². The van der Waals surface area contributed by atoms with Crippen molar-refractivity contribution in [1.82, 2.24) is 0 Å². The first-order valence-corrected chi connectivity index (χ1v) is 13.1. The van der Waals surface area contributed by atoms with E-state index in [4.69, 9.17) is 9.47 Å². The number of hydrogen-bond donors (Lipinski definition) is 0. The van der Waals surface area contributed by atoms with Gasteiger partial charge in [-0.2, -0.15) is 0 Å². The normalized spacial score (nSPS) is 13.8. The quantitative estimate of drug-likeness (QED) is 0.264. The number of ketones is 2. The lowest BCUT2D eigenvalue weighted by molar-refractivity contribution is 0.0671. The number of ether oxygens (including phenoxy) is 2. The maximum Gasteiger partial charge on any atom is 0.343 e. The van der Waals surface area contributed by atoms with E-state index in [0.29, 0.717) is 33.4 Å². The number of rotatable bonds is 4. The molecule has 0 heterocycles. The van der Waals surface area contributed by atoms with E-state index < -0.39 is 23.5 Å². The van der Waals surface area contributed by atoms with Gasteiger partial charge in [-0.25, -0.2) is 9.59 Å². The lowest BCUT2D eigenvalue weighted by Gasteiger charge is -2.29. The van der Waals surface area contributed by atoms with E-state index in [0.717, 1.165) is 5.56 Å². The van der Waals surface area contributed by atoms with Crippen LogP contribution in [0.15, 0.2) is 102 Å². The Hall–Kier alpha value is -5.36. The first-order valence-electron chi connectivity index (χ1n) is 13.1. The van der Waals surface area contributed by atoms with E-state index in [2.05, 4.69) is 0 Å². The second kappa shape index (κ2) is 9.99. The van der Waals surface area contributed by atoms with Gasteiger partial charge >= 0.3 is 11.9 Å². The molecule has 0 saturated heterocycles. The molecular formula is C35H24O6. The highest BCUT2D eigenvalue weighted by atomic mass is 16.5. The average Bonchev–Trinajstić information content (AvgIpc) is 2.97. The topological polar surface area (TPSA) is 86.7 Å². The van der Waals surface area contributed by atoms with Gasteiger partial charge in [0.05, 0.1) is 22.3 Å². The van der Waals surface area contributed by atoms with Gasteiger partial charge in [-0.1, -0.05) is 78.4 Å². The molecule has 4 aromatic rings. The Morgan fingerprint density at radius 2 is 0.951 bits per heavy atom. The van der Waals surface area contributed by atoms with Gasteiger partial charge in [0.15, 0.2) is 23.1 Å². The number of allylic oxidation sites excluding steroid dienone is 2. The molecule has 6 nitrogen and oxygen atoms in total.